The zero-order chi connectivity index (χ0) is 21.7. The predicted molar refractivity (Wildman–Crippen MR) is 127 cm³/mol. The normalized spacial score (nSPS) is 11.4. The van der Waals surface area contributed by atoms with Crippen molar-refractivity contribution in [2.45, 2.75) is 6.92 Å². The van der Waals surface area contributed by atoms with E-state index in [1.165, 1.54) is 0 Å². The van der Waals surface area contributed by atoms with Crippen molar-refractivity contribution >= 4 is 21.8 Å². The maximum atomic E-state index is 14.1. The lowest BCUT2D eigenvalue weighted by atomic mass is 9.99. The van der Waals surface area contributed by atoms with E-state index in [4.69, 9.17) is 0 Å². The third-order valence-electron chi connectivity index (χ3n) is 5.80. The van der Waals surface area contributed by atoms with Crippen molar-refractivity contribution in [2.24, 2.45) is 0 Å². The number of fused-ring (bicyclic) bond motifs is 2. The number of nitrogens with one attached hydrogen (secondary N) is 2. The van der Waals surface area contributed by atoms with E-state index in [1.807, 2.05) is 61.5 Å². The zero-order valence-electron chi connectivity index (χ0n) is 17.4. The Kier molecular flexibility index (Phi) is 4.15. The van der Waals surface area contributed by atoms with E-state index < -0.39 is 0 Å². The van der Waals surface area contributed by atoms with Crippen molar-refractivity contribution in [3.05, 3.63) is 96.4 Å². The van der Waals surface area contributed by atoms with Crippen molar-refractivity contribution in [2.75, 3.05) is 0 Å². The van der Waals surface area contributed by atoms with Crippen LogP contribution in [-0.2, 0) is 0 Å². The van der Waals surface area contributed by atoms with Gasteiger partial charge in [0.2, 0.25) is 0 Å². The SMILES string of the molecule is Cc1cc(F)cc(-c2cccc3[nH]c(-c4n[nH]c5ccc(-c6ccccn6)cc45)cc23)c1. The number of H-pyrrole nitrogens is 2. The van der Waals surface area contributed by atoms with Crippen LogP contribution in [0.2, 0.25) is 0 Å². The summed E-state index contributed by atoms with van der Waals surface area (Å²) in [6.45, 7) is 1.91. The largest absolute Gasteiger partial charge is 0.353 e. The number of rotatable bonds is 3. The molecule has 32 heavy (non-hydrogen) atoms. The highest BCUT2D eigenvalue weighted by Crippen LogP contribution is 2.35. The maximum Gasteiger partial charge on any atom is 0.124 e. The number of pyridine rings is 1. The van der Waals surface area contributed by atoms with Crippen LogP contribution in [0.5, 0.6) is 0 Å². The standard InChI is InChI=1S/C27H19FN4/c1-16-11-18(13-19(28)12-16)20-5-4-7-24-21(20)15-26(30-24)27-22-14-17(8-9-25(22)31-32-27)23-6-2-3-10-29-23/h2-15,30H,1H3,(H,31,32). The topological polar surface area (TPSA) is 57.4 Å². The minimum absolute atomic E-state index is 0.229. The first-order chi connectivity index (χ1) is 15.7. The molecule has 6 aromatic rings. The molecule has 2 N–H and O–H groups in total. The van der Waals surface area contributed by atoms with Crippen molar-refractivity contribution < 1.29 is 4.39 Å². The van der Waals surface area contributed by atoms with Gasteiger partial charge in [-0.15, -0.1) is 0 Å². The molecule has 5 heteroatoms. The molecule has 4 nitrogen and oxygen atoms in total. The van der Waals surface area contributed by atoms with Crippen molar-refractivity contribution in [3.8, 4) is 33.8 Å². The van der Waals surface area contributed by atoms with Crippen molar-refractivity contribution in [3.63, 3.8) is 0 Å². The first-order valence-corrected chi connectivity index (χ1v) is 10.4. The molecule has 3 heterocycles. The van der Waals surface area contributed by atoms with Gasteiger partial charge in [-0.2, -0.15) is 5.10 Å². The second-order valence-corrected chi connectivity index (χ2v) is 8.01. The molecule has 0 unspecified atom stereocenters. The molecule has 0 amide bonds. The second-order valence-electron chi connectivity index (χ2n) is 8.01. The summed E-state index contributed by atoms with van der Waals surface area (Å²) in [5.74, 6) is -0.229. The number of aromatic amines is 2. The number of halogens is 1. The van der Waals surface area contributed by atoms with E-state index in [9.17, 15) is 4.39 Å². The quantitative estimate of drug-likeness (QED) is 0.329. The van der Waals surface area contributed by atoms with Crippen molar-refractivity contribution in [1.29, 1.82) is 0 Å². The van der Waals surface area contributed by atoms with Gasteiger partial charge in [-0.25, -0.2) is 4.39 Å². The van der Waals surface area contributed by atoms with Crippen LogP contribution in [0.3, 0.4) is 0 Å². The molecule has 0 saturated heterocycles. The van der Waals surface area contributed by atoms with Crippen LogP contribution >= 0.6 is 0 Å². The molecule has 0 saturated carbocycles. The summed E-state index contributed by atoms with van der Waals surface area (Å²) in [6.07, 6.45) is 1.79. The molecule has 0 aliphatic carbocycles. The molecule has 0 radical (unpaired) electrons. The van der Waals surface area contributed by atoms with Crippen LogP contribution in [0.1, 0.15) is 5.56 Å². The van der Waals surface area contributed by atoms with Gasteiger partial charge in [-0.3, -0.25) is 10.1 Å². The lowest BCUT2D eigenvalue weighted by molar-refractivity contribution is 0.627. The summed E-state index contributed by atoms with van der Waals surface area (Å²) in [6, 6.07) is 25.3. The van der Waals surface area contributed by atoms with Gasteiger partial charge in [0, 0.05) is 28.0 Å². The summed E-state index contributed by atoms with van der Waals surface area (Å²) in [7, 11) is 0. The highest BCUT2D eigenvalue weighted by Gasteiger charge is 2.15. The predicted octanol–water partition coefficient (Wildman–Crippen LogP) is 6.89. The van der Waals surface area contributed by atoms with E-state index in [0.29, 0.717) is 0 Å². The zero-order valence-corrected chi connectivity index (χ0v) is 17.4. The molecular weight excluding hydrogens is 399 g/mol. The molecule has 0 bridgehead atoms. The first-order valence-electron chi connectivity index (χ1n) is 10.4. The number of hydrogen-bond donors (Lipinski definition) is 2. The molecule has 0 aliphatic rings. The van der Waals surface area contributed by atoms with E-state index >= 15 is 0 Å². The Morgan fingerprint density at radius 3 is 2.56 bits per heavy atom. The Labute approximate surface area is 183 Å². The maximum absolute atomic E-state index is 14.1. The van der Waals surface area contributed by atoms with Crippen LogP contribution in [-0.4, -0.2) is 20.2 Å². The average Bonchev–Trinajstić information content (AvgIpc) is 3.42. The highest BCUT2D eigenvalue weighted by atomic mass is 19.1. The number of nitrogens with zero attached hydrogens (tertiary/aromatic N) is 2. The van der Waals surface area contributed by atoms with E-state index in [2.05, 4.69) is 32.3 Å². The fourth-order valence-electron chi connectivity index (χ4n) is 4.34. The molecule has 0 aliphatic heterocycles. The van der Waals surface area contributed by atoms with E-state index in [-0.39, 0.29) is 5.82 Å². The monoisotopic (exact) mass is 418 g/mol. The summed E-state index contributed by atoms with van der Waals surface area (Å²) < 4.78 is 14.1. The second kappa shape index (κ2) is 7.17. The van der Waals surface area contributed by atoms with Gasteiger partial charge in [0.15, 0.2) is 0 Å². The summed E-state index contributed by atoms with van der Waals surface area (Å²) in [5.41, 5.74) is 8.39. The third kappa shape index (κ3) is 3.06. The summed E-state index contributed by atoms with van der Waals surface area (Å²) in [5, 5.41) is 9.77. The number of aromatic nitrogens is 4. The molecule has 0 fully saturated rings. The molecule has 0 spiro atoms. The van der Waals surface area contributed by atoms with Crippen LogP contribution in [0.4, 0.5) is 4.39 Å². The Morgan fingerprint density at radius 2 is 1.72 bits per heavy atom. The summed E-state index contributed by atoms with van der Waals surface area (Å²) >= 11 is 0. The molecule has 3 aromatic carbocycles. The highest BCUT2D eigenvalue weighted by molar-refractivity contribution is 6.01. The smallest absolute Gasteiger partial charge is 0.124 e. The van der Waals surface area contributed by atoms with Gasteiger partial charge in [0.05, 0.1) is 16.9 Å². The number of hydrogen-bond acceptors (Lipinski definition) is 2. The van der Waals surface area contributed by atoms with Gasteiger partial charge in [0.25, 0.3) is 0 Å². The molecule has 154 valence electrons. The Hall–Kier alpha value is -4.25. The minimum atomic E-state index is -0.229. The fraction of sp³-hybridized carbons (Fsp3) is 0.0370. The Morgan fingerprint density at radius 1 is 0.781 bits per heavy atom. The average molecular weight is 418 g/mol. The third-order valence-corrected chi connectivity index (χ3v) is 5.80. The molecule has 0 atom stereocenters. The van der Waals surface area contributed by atoms with Gasteiger partial charge in [0.1, 0.15) is 11.5 Å². The lowest BCUT2D eigenvalue weighted by Crippen LogP contribution is -1.84. The summed E-state index contributed by atoms with van der Waals surface area (Å²) in [4.78, 5) is 7.96. The fourth-order valence-corrected chi connectivity index (χ4v) is 4.34. The van der Waals surface area contributed by atoms with Crippen LogP contribution in [0.15, 0.2) is 85.1 Å². The van der Waals surface area contributed by atoms with Crippen LogP contribution in [0.25, 0.3) is 55.6 Å². The Bertz CT molecular complexity index is 1570. The molecule has 6 rings (SSSR count). The van der Waals surface area contributed by atoms with Crippen LogP contribution < -0.4 is 0 Å². The Balaban J connectivity index is 1.52. The number of aryl methyl sites for hydroxylation is 1. The van der Waals surface area contributed by atoms with Gasteiger partial charge in [-0.1, -0.05) is 30.3 Å². The van der Waals surface area contributed by atoms with Crippen LogP contribution in [0, 0.1) is 12.7 Å². The van der Waals surface area contributed by atoms with E-state index in [1.54, 1.807) is 18.3 Å². The number of benzene rings is 3. The lowest BCUT2D eigenvalue weighted by Gasteiger charge is -2.05. The van der Waals surface area contributed by atoms with Gasteiger partial charge >= 0.3 is 0 Å². The van der Waals surface area contributed by atoms with Gasteiger partial charge < -0.3 is 4.98 Å². The molecular formula is C27H19FN4. The minimum Gasteiger partial charge on any atom is -0.353 e. The molecule has 3 aromatic heterocycles. The van der Waals surface area contributed by atoms with Crippen molar-refractivity contribution in [1.82, 2.24) is 20.2 Å². The first kappa shape index (κ1) is 18.5. The van der Waals surface area contributed by atoms with Gasteiger partial charge in [-0.05, 0) is 72.1 Å². The van der Waals surface area contributed by atoms with E-state index in [0.717, 1.165) is 61.1 Å².